The molecular formula is C21H25NO2. The Morgan fingerprint density at radius 2 is 2.00 bits per heavy atom. The molecule has 0 saturated carbocycles. The van der Waals surface area contributed by atoms with Crippen LogP contribution in [0.15, 0.2) is 48.5 Å². The Morgan fingerprint density at radius 3 is 2.75 bits per heavy atom. The van der Waals surface area contributed by atoms with E-state index in [0.29, 0.717) is 6.42 Å². The van der Waals surface area contributed by atoms with Crippen molar-refractivity contribution in [3.63, 3.8) is 0 Å². The summed E-state index contributed by atoms with van der Waals surface area (Å²) in [5.74, 6) is 1.10. The molecule has 1 heterocycles. The number of carbonyl (C=O) groups excluding carboxylic acids is 1. The van der Waals surface area contributed by atoms with Gasteiger partial charge in [0.05, 0.1) is 13.2 Å². The van der Waals surface area contributed by atoms with Crippen molar-refractivity contribution in [2.24, 2.45) is 0 Å². The molecule has 0 aliphatic carbocycles. The highest BCUT2D eigenvalue weighted by atomic mass is 16.5. The maximum atomic E-state index is 12.7. The molecule has 1 fully saturated rings. The monoisotopic (exact) mass is 323 g/mol. The summed E-state index contributed by atoms with van der Waals surface area (Å²) < 4.78 is 5.32. The van der Waals surface area contributed by atoms with Gasteiger partial charge in [-0.1, -0.05) is 42.0 Å². The second kappa shape index (κ2) is 7.52. The minimum absolute atomic E-state index is 0.186. The summed E-state index contributed by atoms with van der Waals surface area (Å²) in [7, 11) is 1.68. The summed E-state index contributed by atoms with van der Waals surface area (Å²) in [6.45, 7) is 2.94. The van der Waals surface area contributed by atoms with Crippen molar-refractivity contribution in [2.45, 2.75) is 38.6 Å². The number of hydrogen-bond acceptors (Lipinski definition) is 2. The number of hydrogen-bond donors (Lipinski definition) is 0. The van der Waals surface area contributed by atoms with Crippen molar-refractivity contribution in [1.29, 1.82) is 0 Å². The Kier molecular flexibility index (Phi) is 5.19. The normalized spacial score (nSPS) is 17.1. The van der Waals surface area contributed by atoms with Crippen molar-refractivity contribution in [2.75, 3.05) is 13.7 Å². The molecule has 126 valence electrons. The maximum absolute atomic E-state index is 12.7. The van der Waals surface area contributed by atoms with E-state index < -0.39 is 0 Å². The lowest BCUT2D eigenvalue weighted by atomic mass is 10.0. The van der Waals surface area contributed by atoms with Gasteiger partial charge in [-0.25, -0.2) is 0 Å². The molecule has 2 aromatic carbocycles. The predicted molar refractivity (Wildman–Crippen MR) is 96.2 cm³/mol. The van der Waals surface area contributed by atoms with Crippen LogP contribution in [-0.4, -0.2) is 24.5 Å². The summed E-state index contributed by atoms with van der Waals surface area (Å²) in [5, 5.41) is 0. The average molecular weight is 323 g/mol. The fourth-order valence-corrected chi connectivity index (χ4v) is 3.41. The Hall–Kier alpha value is -2.29. The fourth-order valence-electron chi connectivity index (χ4n) is 3.41. The molecule has 24 heavy (non-hydrogen) atoms. The molecule has 0 N–H and O–H groups in total. The molecule has 0 spiro atoms. The van der Waals surface area contributed by atoms with Crippen LogP contribution < -0.4 is 4.74 Å². The predicted octanol–water partition coefficient (Wildman–Crippen LogP) is 4.30. The van der Waals surface area contributed by atoms with E-state index >= 15 is 0 Å². The van der Waals surface area contributed by atoms with Gasteiger partial charge < -0.3 is 9.64 Å². The van der Waals surface area contributed by atoms with Gasteiger partial charge in [0.1, 0.15) is 5.75 Å². The number of aryl methyl sites for hydroxylation is 2. The molecule has 1 saturated heterocycles. The summed E-state index contributed by atoms with van der Waals surface area (Å²) in [5.41, 5.74) is 3.66. The third-order valence-electron chi connectivity index (χ3n) is 4.80. The lowest BCUT2D eigenvalue weighted by molar-refractivity contribution is -0.132. The number of benzene rings is 2. The molecule has 1 aliphatic heterocycles. The quantitative estimate of drug-likeness (QED) is 0.821. The molecule has 3 nitrogen and oxygen atoms in total. The number of amides is 1. The first-order valence-corrected chi connectivity index (χ1v) is 8.66. The third-order valence-corrected chi connectivity index (χ3v) is 4.80. The van der Waals surface area contributed by atoms with E-state index in [2.05, 4.69) is 43.3 Å². The van der Waals surface area contributed by atoms with Crippen LogP contribution in [0.4, 0.5) is 0 Å². The minimum Gasteiger partial charge on any atom is -0.497 e. The molecule has 0 bridgehead atoms. The molecule has 1 amide bonds. The van der Waals surface area contributed by atoms with Crippen LogP contribution in [0.5, 0.6) is 5.75 Å². The zero-order valence-corrected chi connectivity index (χ0v) is 14.5. The molecule has 3 heteroatoms. The summed E-state index contributed by atoms with van der Waals surface area (Å²) in [6, 6.07) is 16.7. The van der Waals surface area contributed by atoms with Crippen LogP contribution >= 0.6 is 0 Å². The lowest BCUT2D eigenvalue weighted by Crippen LogP contribution is -2.30. The second-order valence-electron chi connectivity index (χ2n) is 6.51. The number of ether oxygens (including phenoxy) is 1. The molecule has 1 unspecified atom stereocenters. The zero-order chi connectivity index (χ0) is 16.9. The molecule has 1 atom stereocenters. The van der Waals surface area contributed by atoms with Gasteiger partial charge in [-0.2, -0.15) is 0 Å². The first kappa shape index (κ1) is 16.6. The molecule has 2 aromatic rings. The standard InChI is InChI=1S/C21H25NO2/c1-16-8-10-17(11-9-16)12-13-21(23)22-14-4-7-20(22)18-5-3-6-19(15-18)24-2/h3,5-6,8-11,15,20H,4,7,12-14H2,1-2H3. The largest absolute Gasteiger partial charge is 0.497 e. The summed E-state index contributed by atoms with van der Waals surface area (Å²) >= 11 is 0. The van der Waals surface area contributed by atoms with Crippen LogP contribution in [0.1, 0.15) is 42.0 Å². The van der Waals surface area contributed by atoms with Crippen LogP contribution in [0, 0.1) is 6.92 Å². The number of nitrogens with zero attached hydrogens (tertiary/aromatic N) is 1. The van der Waals surface area contributed by atoms with E-state index in [1.54, 1.807) is 7.11 Å². The third kappa shape index (κ3) is 3.78. The van der Waals surface area contributed by atoms with Gasteiger partial charge in [0.15, 0.2) is 0 Å². The number of methoxy groups -OCH3 is 1. The lowest BCUT2D eigenvalue weighted by Gasteiger charge is -2.25. The highest BCUT2D eigenvalue weighted by Crippen LogP contribution is 2.34. The minimum atomic E-state index is 0.186. The zero-order valence-electron chi connectivity index (χ0n) is 14.5. The molecule has 3 rings (SSSR count). The Morgan fingerprint density at radius 1 is 1.21 bits per heavy atom. The van der Waals surface area contributed by atoms with Crippen molar-refractivity contribution in [1.82, 2.24) is 4.90 Å². The van der Waals surface area contributed by atoms with Crippen molar-refractivity contribution >= 4 is 5.91 Å². The summed E-state index contributed by atoms with van der Waals surface area (Å²) in [6.07, 6.45) is 3.48. The van der Waals surface area contributed by atoms with Gasteiger partial charge >= 0.3 is 0 Å². The number of rotatable bonds is 5. The smallest absolute Gasteiger partial charge is 0.223 e. The molecule has 0 radical (unpaired) electrons. The highest BCUT2D eigenvalue weighted by molar-refractivity contribution is 5.77. The Balaban J connectivity index is 1.65. The van der Waals surface area contributed by atoms with E-state index in [1.807, 2.05) is 17.0 Å². The Bertz CT molecular complexity index is 693. The van der Waals surface area contributed by atoms with Crippen molar-refractivity contribution in [3.05, 3.63) is 65.2 Å². The Labute approximate surface area is 144 Å². The second-order valence-corrected chi connectivity index (χ2v) is 6.51. The van der Waals surface area contributed by atoms with Crippen LogP contribution in [0.2, 0.25) is 0 Å². The molecule has 0 aromatic heterocycles. The van der Waals surface area contributed by atoms with E-state index in [9.17, 15) is 4.79 Å². The van der Waals surface area contributed by atoms with Gasteiger partial charge in [-0.15, -0.1) is 0 Å². The van der Waals surface area contributed by atoms with Gasteiger partial charge in [0.25, 0.3) is 0 Å². The van der Waals surface area contributed by atoms with E-state index in [1.165, 1.54) is 16.7 Å². The number of carbonyl (C=O) groups is 1. The average Bonchev–Trinajstić information content (AvgIpc) is 3.11. The molecule has 1 aliphatic rings. The van der Waals surface area contributed by atoms with Crippen molar-refractivity contribution in [3.8, 4) is 5.75 Å². The van der Waals surface area contributed by atoms with Gasteiger partial charge in [-0.3, -0.25) is 4.79 Å². The SMILES string of the molecule is COc1cccc(C2CCCN2C(=O)CCc2ccc(C)cc2)c1. The van der Waals surface area contributed by atoms with Crippen molar-refractivity contribution < 1.29 is 9.53 Å². The molecular weight excluding hydrogens is 298 g/mol. The highest BCUT2D eigenvalue weighted by Gasteiger charge is 2.29. The maximum Gasteiger partial charge on any atom is 0.223 e. The topological polar surface area (TPSA) is 29.5 Å². The van der Waals surface area contributed by atoms with Gasteiger partial charge in [0, 0.05) is 13.0 Å². The van der Waals surface area contributed by atoms with E-state index in [0.717, 1.165) is 31.6 Å². The van der Waals surface area contributed by atoms with Gasteiger partial charge in [0.2, 0.25) is 5.91 Å². The van der Waals surface area contributed by atoms with Gasteiger partial charge in [-0.05, 0) is 49.4 Å². The summed E-state index contributed by atoms with van der Waals surface area (Å²) in [4.78, 5) is 14.8. The first-order chi connectivity index (χ1) is 11.7. The van der Waals surface area contributed by atoms with Crippen LogP contribution in [-0.2, 0) is 11.2 Å². The van der Waals surface area contributed by atoms with E-state index in [4.69, 9.17) is 4.74 Å². The van der Waals surface area contributed by atoms with Crippen LogP contribution in [0.25, 0.3) is 0 Å². The van der Waals surface area contributed by atoms with Crippen LogP contribution in [0.3, 0.4) is 0 Å². The first-order valence-electron chi connectivity index (χ1n) is 8.66. The van der Waals surface area contributed by atoms with E-state index in [-0.39, 0.29) is 11.9 Å². The fraction of sp³-hybridized carbons (Fsp3) is 0.381. The number of likely N-dealkylation sites (tertiary alicyclic amines) is 1.